The number of halogens is 1. The lowest BCUT2D eigenvalue weighted by atomic mass is 9.97. The lowest BCUT2D eigenvalue weighted by molar-refractivity contribution is 0.485. The molecule has 1 atom stereocenters. The zero-order valence-electron chi connectivity index (χ0n) is 10.1. The van der Waals surface area contributed by atoms with Crippen LogP contribution in [0.3, 0.4) is 0 Å². The van der Waals surface area contributed by atoms with Gasteiger partial charge in [-0.05, 0) is 36.6 Å². The number of unbranched alkanes of at least 4 members (excludes halogenated alkanes) is 2. The van der Waals surface area contributed by atoms with Gasteiger partial charge in [-0.15, -0.1) is 0 Å². The summed E-state index contributed by atoms with van der Waals surface area (Å²) < 4.78 is 1.11. The molecule has 0 aliphatic rings. The zero-order chi connectivity index (χ0) is 12.0. The van der Waals surface area contributed by atoms with E-state index in [1.165, 1.54) is 30.4 Å². The Labute approximate surface area is 107 Å². The molecule has 0 aliphatic carbocycles. The summed E-state index contributed by atoms with van der Waals surface area (Å²) in [4.78, 5) is 0. The molecule has 0 saturated carbocycles. The van der Waals surface area contributed by atoms with Crippen molar-refractivity contribution in [1.29, 1.82) is 0 Å². The summed E-state index contributed by atoms with van der Waals surface area (Å²) in [5.74, 6) is 5.64. The minimum absolute atomic E-state index is 0.268. The van der Waals surface area contributed by atoms with Gasteiger partial charge < -0.3 is 0 Å². The molecule has 1 aromatic carbocycles. The van der Waals surface area contributed by atoms with Gasteiger partial charge in [0, 0.05) is 10.5 Å². The number of nitrogens with one attached hydrogen (secondary N) is 1. The van der Waals surface area contributed by atoms with Gasteiger partial charge in [-0.2, -0.15) is 0 Å². The largest absolute Gasteiger partial charge is 0.271 e. The van der Waals surface area contributed by atoms with E-state index in [2.05, 4.69) is 53.4 Å². The van der Waals surface area contributed by atoms with Crippen LogP contribution in [0.4, 0.5) is 0 Å². The van der Waals surface area contributed by atoms with Crippen molar-refractivity contribution in [1.82, 2.24) is 5.43 Å². The fourth-order valence-corrected chi connectivity index (χ4v) is 2.29. The third kappa shape index (κ3) is 3.89. The highest BCUT2D eigenvalue weighted by atomic mass is 79.9. The average molecular weight is 285 g/mol. The molecule has 1 aromatic rings. The maximum absolute atomic E-state index is 5.64. The first-order valence-corrected chi connectivity index (χ1v) is 6.70. The predicted molar refractivity (Wildman–Crippen MR) is 73.1 cm³/mol. The van der Waals surface area contributed by atoms with Crippen molar-refractivity contribution >= 4 is 15.9 Å². The van der Waals surface area contributed by atoms with E-state index in [1.807, 2.05) is 0 Å². The highest BCUT2D eigenvalue weighted by Gasteiger charge is 2.11. The minimum Gasteiger partial charge on any atom is -0.271 e. The van der Waals surface area contributed by atoms with Crippen LogP contribution in [0, 0.1) is 6.92 Å². The molecule has 16 heavy (non-hydrogen) atoms. The standard InChI is InChI=1S/C13H21BrN2/c1-3-4-5-6-13(16-15)12-9-11(14)8-7-10(12)2/h7-9,13,16H,3-6,15H2,1-2H3. The van der Waals surface area contributed by atoms with Crippen LogP contribution in [0.5, 0.6) is 0 Å². The van der Waals surface area contributed by atoms with E-state index in [-0.39, 0.29) is 6.04 Å². The maximum atomic E-state index is 5.64. The van der Waals surface area contributed by atoms with E-state index < -0.39 is 0 Å². The number of aryl methyl sites for hydroxylation is 1. The number of benzene rings is 1. The number of hydrogen-bond donors (Lipinski definition) is 2. The van der Waals surface area contributed by atoms with Gasteiger partial charge in [0.15, 0.2) is 0 Å². The second-order valence-corrected chi connectivity index (χ2v) is 5.13. The SMILES string of the molecule is CCCCCC(NN)c1cc(Br)ccc1C. The first-order valence-electron chi connectivity index (χ1n) is 5.91. The minimum atomic E-state index is 0.268. The van der Waals surface area contributed by atoms with Gasteiger partial charge >= 0.3 is 0 Å². The van der Waals surface area contributed by atoms with Gasteiger partial charge in [0.2, 0.25) is 0 Å². The summed E-state index contributed by atoms with van der Waals surface area (Å²) in [6.45, 7) is 4.35. The Bertz CT molecular complexity index is 326. The Morgan fingerprint density at radius 2 is 2.12 bits per heavy atom. The Hall–Kier alpha value is -0.380. The van der Waals surface area contributed by atoms with Crippen molar-refractivity contribution in [3.05, 3.63) is 33.8 Å². The third-order valence-corrected chi connectivity index (χ3v) is 3.41. The van der Waals surface area contributed by atoms with Crippen molar-refractivity contribution in [2.75, 3.05) is 0 Å². The quantitative estimate of drug-likeness (QED) is 0.473. The van der Waals surface area contributed by atoms with Crippen molar-refractivity contribution in [2.45, 2.75) is 45.6 Å². The number of hydrogen-bond acceptors (Lipinski definition) is 2. The van der Waals surface area contributed by atoms with Crippen molar-refractivity contribution < 1.29 is 0 Å². The summed E-state index contributed by atoms with van der Waals surface area (Å²) in [7, 11) is 0. The second kappa shape index (κ2) is 7.05. The van der Waals surface area contributed by atoms with Crippen molar-refractivity contribution in [3.63, 3.8) is 0 Å². The zero-order valence-corrected chi connectivity index (χ0v) is 11.7. The van der Waals surface area contributed by atoms with Crippen molar-refractivity contribution in [2.24, 2.45) is 5.84 Å². The molecule has 1 unspecified atom stereocenters. The fourth-order valence-electron chi connectivity index (χ4n) is 1.91. The maximum Gasteiger partial charge on any atom is 0.0463 e. The third-order valence-electron chi connectivity index (χ3n) is 2.91. The van der Waals surface area contributed by atoms with Gasteiger partial charge in [0.25, 0.3) is 0 Å². The second-order valence-electron chi connectivity index (χ2n) is 4.22. The Morgan fingerprint density at radius 3 is 2.75 bits per heavy atom. The van der Waals surface area contributed by atoms with Crippen LogP contribution >= 0.6 is 15.9 Å². The lowest BCUT2D eigenvalue weighted by Gasteiger charge is -2.18. The summed E-state index contributed by atoms with van der Waals surface area (Å²) >= 11 is 3.51. The smallest absolute Gasteiger partial charge is 0.0463 e. The predicted octanol–water partition coefficient (Wildman–Crippen LogP) is 3.84. The molecular formula is C13H21BrN2. The molecule has 0 radical (unpaired) electrons. The van der Waals surface area contributed by atoms with Crippen LogP contribution in [0.1, 0.15) is 49.8 Å². The monoisotopic (exact) mass is 284 g/mol. The van der Waals surface area contributed by atoms with Crippen molar-refractivity contribution in [3.8, 4) is 0 Å². The molecule has 0 bridgehead atoms. The Kier molecular flexibility index (Phi) is 6.03. The molecule has 0 aliphatic heterocycles. The summed E-state index contributed by atoms with van der Waals surface area (Å²) in [5, 5.41) is 0. The van der Waals surface area contributed by atoms with Gasteiger partial charge in [-0.25, -0.2) is 0 Å². The Morgan fingerprint density at radius 1 is 1.38 bits per heavy atom. The van der Waals surface area contributed by atoms with Crippen LogP contribution in [0.2, 0.25) is 0 Å². The van der Waals surface area contributed by atoms with E-state index in [9.17, 15) is 0 Å². The molecule has 1 rings (SSSR count). The molecule has 0 fully saturated rings. The fraction of sp³-hybridized carbons (Fsp3) is 0.538. The van der Waals surface area contributed by atoms with Gasteiger partial charge in [0.05, 0.1) is 0 Å². The van der Waals surface area contributed by atoms with E-state index in [0.29, 0.717) is 0 Å². The van der Waals surface area contributed by atoms with E-state index >= 15 is 0 Å². The topological polar surface area (TPSA) is 38.0 Å². The molecule has 0 saturated heterocycles. The normalized spacial score (nSPS) is 12.8. The molecule has 2 nitrogen and oxygen atoms in total. The summed E-state index contributed by atoms with van der Waals surface area (Å²) in [6, 6.07) is 6.62. The average Bonchev–Trinajstić information content (AvgIpc) is 2.28. The first kappa shape index (κ1) is 13.7. The summed E-state index contributed by atoms with van der Waals surface area (Å²) in [5.41, 5.74) is 5.52. The molecule has 3 N–H and O–H groups in total. The molecule has 0 aromatic heterocycles. The highest BCUT2D eigenvalue weighted by molar-refractivity contribution is 9.10. The van der Waals surface area contributed by atoms with E-state index in [0.717, 1.165) is 10.9 Å². The molecular weight excluding hydrogens is 264 g/mol. The molecule has 0 amide bonds. The molecule has 90 valence electrons. The van der Waals surface area contributed by atoms with E-state index in [4.69, 9.17) is 5.84 Å². The van der Waals surface area contributed by atoms with Crippen LogP contribution in [-0.2, 0) is 0 Å². The van der Waals surface area contributed by atoms with Gasteiger partial charge in [-0.1, -0.05) is 48.2 Å². The van der Waals surface area contributed by atoms with Crippen LogP contribution in [-0.4, -0.2) is 0 Å². The van der Waals surface area contributed by atoms with Crippen LogP contribution in [0.25, 0.3) is 0 Å². The number of rotatable bonds is 6. The molecule has 3 heteroatoms. The number of nitrogens with two attached hydrogens (primary N) is 1. The van der Waals surface area contributed by atoms with Gasteiger partial charge in [-0.3, -0.25) is 11.3 Å². The van der Waals surface area contributed by atoms with Crippen LogP contribution in [0.15, 0.2) is 22.7 Å². The van der Waals surface area contributed by atoms with Gasteiger partial charge in [0.1, 0.15) is 0 Å². The lowest BCUT2D eigenvalue weighted by Crippen LogP contribution is -2.28. The Balaban J connectivity index is 2.73. The summed E-state index contributed by atoms with van der Waals surface area (Å²) in [6.07, 6.45) is 4.83. The van der Waals surface area contributed by atoms with E-state index in [1.54, 1.807) is 0 Å². The highest BCUT2D eigenvalue weighted by Crippen LogP contribution is 2.25. The molecule has 0 spiro atoms. The first-order chi connectivity index (χ1) is 7.69. The van der Waals surface area contributed by atoms with Crippen LogP contribution < -0.4 is 11.3 Å². The number of hydrazine groups is 1. The molecule has 0 heterocycles.